The normalized spacial score (nSPS) is 13.6. The van der Waals surface area contributed by atoms with Crippen molar-refractivity contribution in [2.75, 3.05) is 6.54 Å². The van der Waals surface area contributed by atoms with Crippen LogP contribution in [0, 0.1) is 0 Å². The minimum Gasteiger partial charge on any atom is -0.481 e. The Kier molecular flexibility index (Phi) is 10.0. The van der Waals surface area contributed by atoms with Crippen molar-refractivity contribution in [1.82, 2.24) is 16.0 Å². The number of nitrogens with two attached hydrogens (primary N) is 1. The van der Waals surface area contributed by atoms with E-state index in [9.17, 15) is 28.8 Å². The molecule has 27 heavy (non-hydrogen) atoms. The summed E-state index contributed by atoms with van der Waals surface area (Å²) in [4.78, 5) is 67.9. The zero-order valence-corrected chi connectivity index (χ0v) is 14.4. The van der Waals surface area contributed by atoms with E-state index in [4.69, 9.17) is 21.1 Å². The van der Waals surface area contributed by atoms with Crippen LogP contribution in [0.1, 0.15) is 26.2 Å². The number of carboxylic acid groups (broad SMARTS) is 3. The quantitative estimate of drug-likeness (QED) is 0.177. The number of aliphatic carboxylic acids is 3. The van der Waals surface area contributed by atoms with Crippen LogP contribution in [0.4, 0.5) is 0 Å². The van der Waals surface area contributed by atoms with Gasteiger partial charge in [0.05, 0.1) is 13.0 Å². The van der Waals surface area contributed by atoms with E-state index >= 15 is 0 Å². The lowest BCUT2D eigenvalue weighted by Gasteiger charge is -2.22. The Labute approximate surface area is 153 Å². The van der Waals surface area contributed by atoms with Gasteiger partial charge in [0.25, 0.3) is 0 Å². The summed E-state index contributed by atoms with van der Waals surface area (Å²) in [6.07, 6.45) is -1.83. The van der Waals surface area contributed by atoms with Crippen LogP contribution < -0.4 is 21.7 Å². The van der Waals surface area contributed by atoms with Gasteiger partial charge in [0.2, 0.25) is 17.7 Å². The van der Waals surface area contributed by atoms with Gasteiger partial charge >= 0.3 is 17.9 Å². The van der Waals surface area contributed by atoms with Crippen molar-refractivity contribution < 1.29 is 44.1 Å². The highest BCUT2D eigenvalue weighted by atomic mass is 16.4. The number of carbonyl (C=O) groups is 6. The fourth-order valence-electron chi connectivity index (χ4n) is 1.85. The Balaban J connectivity index is 5.15. The zero-order chi connectivity index (χ0) is 21.1. The van der Waals surface area contributed by atoms with Crippen molar-refractivity contribution in [2.24, 2.45) is 5.73 Å². The molecule has 3 amide bonds. The highest BCUT2D eigenvalue weighted by Crippen LogP contribution is 2.02. The molecule has 0 spiro atoms. The lowest BCUT2D eigenvalue weighted by molar-refractivity contribution is -0.147. The van der Waals surface area contributed by atoms with Crippen LogP contribution >= 0.6 is 0 Å². The van der Waals surface area contributed by atoms with Gasteiger partial charge in [-0.25, -0.2) is 4.79 Å². The maximum absolute atomic E-state index is 12.2. The summed E-state index contributed by atoms with van der Waals surface area (Å²) in [6, 6.07) is -4.33. The second kappa shape index (κ2) is 11.4. The number of rotatable bonds is 12. The van der Waals surface area contributed by atoms with Crippen LogP contribution in [-0.2, 0) is 28.8 Å². The maximum atomic E-state index is 12.2. The first-order valence-electron chi connectivity index (χ1n) is 7.74. The fraction of sp³-hybridized carbons (Fsp3) is 0.571. The third-order valence-corrected chi connectivity index (χ3v) is 3.23. The number of amides is 3. The highest BCUT2D eigenvalue weighted by molar-refractivity contribution is 5.94. The smallest absolute Gasteiger partial charge is 0.326 e. The monoisotopic (exact) mass is 390 g/mol. The van der Waals surface area contributed by atoms with E-state index in [1.807, 2.05) is 5.32 Å². The Morgan fingerprint density at radius 2 is 1.41 bits per heavy atom. The van der Waals surface area contributed by atoms with Crippen LogP contribution in [0.5, 0.6) is 0 Å². The molecule has 0 aliphatic heterocycles. The van der Waals surface area contributed by atoms with E-state index in [-0.39, 0.29) is 13.0 Å². The fourth-order valence-corrected chi connectivity index (χ4v) is 1.85. The lowest BCUT2D eigenvalue weighted by atomic mass is 10.1. The van der Waals surface area contributed by atoms with Crippen molar-refractivity contribution in [3.05, 3.63) is 0 Å². The van der Waals surface area contributed by atoms with Gasteiger partial charge < -0.3 is 37.0 Å². The van der Waals surface area contributed by atoms with E-state index in [1.165, 1.54) is 6.92 Å². The van der Waals surface area contributed by atoms with Crippen molar-refractivity contribution in [1.29, 1.82) is 0 Å². The van der Waals surface area contributed by atoms with Crippen LogP contribution in [-0.4, -0.2) is 75.6 Å². The van der Waals surface area contributed by atoms with E-state index in [2.05, 4.69) is 10.6 Å². The minimum atomic E-state index is -1.77. The summed E-state index contributed by atoms with van der Waals surface area (Å²) < 4.78 is 0. The number of carboxylic acids is 3. The second-order valence-electron chi connectivity index (χ2n) is 5.48. The molecule has 152 valence electrons. The molecule has 0 saturated carbocycles. The van der Waals surface area contributed by atoms with Crippen LogP contribution in [0.25, 0.3) is 0 Å². The Morgan fingerprint density at radius 1 is 0.852 bits per heavy atom. The maximum Gasteiger partial charge on any atom is 0.326 e. The third kappa shape index (κ3) is 9.74. The van der Waals surface area contributed by atoms with Gasteiger partial charge in [-0.15, -0.1) is 0 Å². The Hall–Kier alpha value is -3.22. The molecule has 0 aromatic rings. The third-order valence-electron chi connectivity index (χ3n) is 3.23. The first-order chi connectivity index (χ1) is 12.5. The van der Waals surface area contributed by atoms with Gasteiger partial charge in [0, 0.05) is 6.42 Å². The molecule has 13 heteroatoms. The summed E-state index contributed by atoms with van der Waals surface area (Å²) in [6.45, 7) is 0.912. The minimum absolute atomic E-state index is 0.379. The summed E-state index contributed by atoms with van der Waals surface area (Å²) in [5.41, 5.74) is 5.10. The standard InChI is InChI=1S/C14H22N4O9/c1-6(16-9(19)5-15)12(24)17-7(2-3-10(20)21)13(25)18-8(14(26)27)4-11(22)23/h6-8H,2-5,15H2,1H3,(H,16,19)(H,17,24)(H,18,25)(H,20,21)(H,22,23)(H,26,27). The first-order valence-corrected chi connectivity index (χ1v) is 7.74. The van der Waals surface area contributed by atoms with Gasteiger partial charge in [0.1, 0.15) is 18.1 Å². The molecule has 3 atom stereocenters. The second-order valence-corrected chi connectivity index (χ2v) is 5.48. The molecule has 0 fully saturated rings. The van der Waals surface area contributed by atoms with Crippen molar-refractivity contribution in [2.45, 2.75) is 44.3 Å². The molecule has 0 aliphatic carbocycles. The summed E-state index contributed by atoms with van der Waals surface area (Å²) in [7, 11) is 0. The summed E-state index contributed by atoms with van der Waals surface area (Å²) in [5, 5.41) is 32.7. The number of carbonyl (C=O) groups excluding carboxylic acids is 3. The molecular weight excluding hydrogens is 368 g/mol. The first kappa shape index (κ1) is 23.8. The van der Waals surface area contributed by atoms with Gasteiger partial charge in [-0.3, -0.25) is 24.0 Å². The molecule has 0 saturated heterocycles. The average molecular weight is 390 g/mol. The largest absolute Gasteiger partial charge is 0.481 e. The van der Waals surface area contributed by atoms with Crippen molar-refractivity contribution in [3.63, 3.8) is 0 Å². The molecule has 0 aliphatic rings. The molecular formula is C14H22N4O9. The zero-order valence-electron chi connectivity index (χ0n) is 14.4. The molecule has 0 aromatic heterocycles. The van der Waals surface area contributed by atoms with E-state index in [0.29, 0.717) is 0 Å². The van der Waals surface area contributed by atoms with Crippen LogP contribution in [0.2, 0.25) is 0 Å². The van der Waals surface area contributed by atoms with Crippen molar-refractivity contribution in [3.8, 4) is 0 Å². The molecule has 0 bridgehead atoms. The highest BCUT2D eigenvalue weighted by Gasteiger charge is 2.29. The number of hydrogen-bond acceptors (Lipinski definition) is 7. The van der Waals surface area contributed by atoms with E-state index in [0.717, 1.165) is 0 Å². The number of hydrogen-bond donors (Lipinski definition) is 7. The number of nitrogens with one attached hydrogen (secondary N) is 3. The van der Waals surface area contributed by atoms with E-state index in [1.54, 1.807) is 0 Å². The van der Waals surface area contributed by atoms with Gasteiger partial charge in [-0.05, 0) is 13.3 Å². The predicted molar refractivity (Wildman–Crippen MR) is 87.3 cm³/mol. The van der Waals surface area contributed by atoms with Crippen LogP contribution in [0.15, 0.2) is 0 Å². The molecule has 0 aromatic carbocycles. The van der Waals surface area contributed by atoms with Crippen LogP contribution in [0.3, 0.4) is 0 Å². The summed E-state index contributed by atoms with van der Waals surface area (Å²) >= 11 is 0. The molecule has 0 heterocycles. The SMILES string of the molecule is CC(NC(=O)CN)C(=O)NC(CCC(=O)O)C(=O)NC(CC(=O)O)C(=O)O. The van der Waals surface area contributed by atoms with Gasteiger partial charge in [-0.1, -0.05) is 0 Å². The average Bonchev–Trinajstić information content (AvgIpc) is 2.56. The Bertz CT molecular complexity index is 607. The topological polar surface area (TPSA) is 225 Å². The molecule has 8 N–H and O–H groups in total. The predicted octanol–water partition coefficient (Wildman–Crippen LogP) is -3.16. The molecule has 13 nitrogen and oxygen atoms in total. The molecule has 3 unspecified atom stereocenters. The summed E-state index contributed by atoms with van der Waals surface area (Å²) in [5.74, 6) is -6.92. The van der Waals surface area contributed by atoms with Gasteiger partial charge in [0.15, 0.2) is 0 Å². The lowest BCUT2D eigenvalue weighted by Crippen LogP contribution is -2.55. The molecule has 0 rings (SSSR count). The van der Waals surface area contributed by atoms with Crippen molar-refractivity contribution >= 4 is 35.6 Å². The molecule has 0 radical (unpaired) electrons. The van der Waals surface area contributed by atoms with Gasteiger partial charge in [-0.2, -0.15) is 0 Å². The Morgan fingerprint density at radius 3 is 1.85 bits per heavy atom. The van der Waals surface area contributed by atoms with E-state index < -0.39 is 66.6 Å².